The van der Waals surface area contributed by atoms with Gasteiger partial charge >= 0.3 is 6.18 Å². The number of fused-ring (bicyclic) bond motifs is 1. The van der Waals surface area contributed by atoms with Crippen molar-refractivity contribution < 1.29 is 27.1 Å². The number of pyridine rings is 1. The number of halogens is 5. The summed E-state index contributed by atoms with van der Waals surface area (Å²) in [6.07, 6.45) is -3.84. The molecule has 3 rings (SSSR count). The molecule has 136 valence electrons. The van der Waals surface area contributed by atoms with E-state index in [0.29, 0.717) is 12.8 Å². The number of phenols is 1. The second kappa shape index (κ2) is 6.55. The molecule has 0 radical (unpaired) electrons. The van der Waals surface area contributed by atoms with E-state index in [9.17, 15) is 27.1 Å². The Hall–Kier alpha value is -2.70. The molecule has 0 saturated heterocycles. The van der Waals surface area contributed by atoms with E-state index < -0.39 is 23.4 Å². The van der Waals surface area contributed by atoms with Crippen LogP contribution in [-0.2, 0) is 12.6 Å². The molecule has 1 heterocycles. The summed E-state index contributed by atoms with van der Waals surface area (Å²) in [4.78, 5) is 4.07. The number of nitrogens with zero attached hydrogens (tertiary/aromatic N) is 1. The molecule has 0 saturated carbocycles. The van der Waals surface area contributed by atoms with Gasteiger partial charge < -0.3 is 5.11 Å². The van der Waals surface area contributed by atoms with E-state index in [-0.39, 0.29) is 33.5 Å². The van der Waals surface area contributed by atoms with E-state index in [1.54, 1.807) is 0 Å². The Labute approximate surface area is 145 Å². The topological polar surface area (TPSA) is 33.1 Å². The summed E-state index contributed by atoms with van der Waals surface area (Å²) in [6, 6.07) is 5.86. The first-order chi connectivity index (χ1) is 12.2. The van der Waals surface area contributed by atoms with Gasteiger partial charge in [-0.05, 0) is 42.8 Å². The lowest BCUT2D eigenvalue weighted by molar-refractivity contribution is -0.136. The highest BCUT2D eigenvalue weighted by atomic mass is 19.4. The standard InChI is InChI=1S/C19H14F5NO/c1-2-3-12-15(21)6-10(7-18(12)26)17-9-14(19(22,23)24)13-8-11(20)4-5-16(13)25-17/h4-9,26H,2-3H2,1H3. The molecule has 7 heteroatoms. The van der Waals surface area contributed by atoms with Crippen molar-refractivity contribution >= 4 is 10.9 Å². The molecule has 1 N–H and O–H groups in total. The van der Waals surface area contributed by atoms with Crippen LogP contribution >= 0.6 is 0 Å². The molecule has 0 aliphatic carbocycles. The zero-order chi connectivity index (χ0) is 19.1. The lowest BCUT2D eigenvalue weighted by Gasteiger charge is -2.14. The molecule has 2 nitrogen and oxygen atoms in total. The van der Waals surface area contributed by atoms with Gasteiger partial charge in [-0.2, -0.15) is 13.2 Å². The molecule has 0 aliphatic heterocycles. The molecule has 0 unspecified atom stereocenters. The van der Waals surface area contributed by atoms with Crippen LogP contribution < -0.4 is 0 Å². The third-order valence-corrected chi connectivity index (χ3v) is 4.04. The lowest BCUT2D eigenvalue weighted by atomic mass is 10.0. The quantitative estimate of drug-likeness (QED) is 0.589. The van der Waals surface area contributed by atoms with Gasteiger partial charge in [0.15, 0.2) is 0 Å². The van der Waals surface area contributed by atoms with Crippen molar-refractivity contribution in [1.82, 2.24) is 4.98 Å². The van der Waals surface area contributed by atoms with Crippen LogP contribution in [0, 0.1) is 11.6 Å². The molecular formula is C19H14F5NO. The summed E-state index contributed by atoms with van der Waals surface area (Å²) >= 11 is 0. The Balaban J connectivity index is 2.25. The first kappa shape index (κ1) is 18.1. The van der Waals surface area contributed by atoms with Crippen LogP contribution in [0.1, 0.15) is 24.5 Å². The van der Waals surface area contributed by atoms with E-state index in [1.165, 1.54) is 6.07 Å². The van der Waals surface area contributed by atoms with Gasteiger partial charge in [0.25, 0.3) is 0 Å². The molecule has 0 spiro atoms. The number of benzene rings is 2. The molecule has 0 fully saturated rings. The van der Waals surface area contributed by atoms with Crippen LogP contribution in [0.15, 0.2) is 36.4 Å². The maximum atomic E-state index is 14.2. The number of phenolic OH excluding ortho intramolecular Hbond substituents is 1. The van der Waals surface area contributed by atoms with Crippen molar-refractivity contribution in [3.05, 3.63) is 59.2 Å². The highest BCUT2D eigenvalue weighted by Crippen LogP contribution is 2.38. The Morgan fingerprint density at radius 2 is 1.77 bits per heavy atom. The zero-order valence-corrected chi connectivity index (χ0v) is 13.7. The summed E-state index contributed by atoms with van der Waals surface area (Å²) in [5.41, 5.74) is -1.19. The number of alkyl halides is 3. The predicted molar refractivity (Wildman–Crippen MR) is 87.8 cm³/mol. The van der Waals surface area contributed by atoms with Crippen molar-refractivity contribution in [3.63, 3.8) is 0 Å². The molecule has 1 aromatic heterocycles. The molecule has 0 atom stereocenters. The van der Waals surface area contributed by atoms with Crippen molar-refractivity contribution in [2.75, 3.05) is 0 Å². The third-order valence-electron chi connectivity index (χ3n) is 4.04. The fourth-order valence-electron chi connectivity index (χ4n) is 2.85. The van der Waals surface area contributed by atoms with Crippen LogP contribution in [0.3, 0.4) is 0 Å². The molecular weight excluding hydrogens is 353 g/mol. The van der Waals surface area contributed by atoms with Gasteiger partial charge in [0.05, 0.1) is 16.8 Å². The molecule has 26 heavy (non-hydrogen) atoms. The average molecular weight is 367 g/mol. The summed E-state index contributed by atoms with van der Waals surface area (Å²) in [6.45, 7) is 1.81. The summed E-state index contributed by atoms with van der Waals surface area (Å²) < 4.78 is 67.8. The van der Waals surface area contributed by atoms with E-state index in [0.717, 1.165) is 30.3 Å². The van der Waals surface area contributed by atoms with Gasteiger partial charge in [0.2, 0.25) is 0 Å². The summed E-state index contributed by atoms with van der Waals surface area (Å²) in [5.74, 6) is -1.86. The molecule has 0 bridgehead atoms. The first-order valence-corrected chi connectivity index (χ1v) is 7.90. The highest BCUT2D eigenvalue weighted by Gasteiger charge is 2.34. The van der Waals surface area contributed by atoms with Gasteiger partial charge in [0, 0.05) is 16.5 Å². The summed E-state index contributed by atoms with van der Waals surface area (Å²) in [5, 5.41) is 9.62. The van der Waals surface area contributed by atoms with Crippen molar-refractivity contribution in [2.24, 2.45) is 0 Å². The number of hydrogen-bond donors (Lipinski definition) is 1. The Bertz CT molecular complexity index is 959. The second-order valence-corrected chi connectivity index (χ2v) is 5.92. The minimum Gasteiger partial charge on any atom is -0.508 e. The Kier molecular flexibility index (Phi) is 4.56. The monoisotopic (exact) mass is 367 g/mol. The van der Waals surface area contributed by atoms with Crippen molar-refractivity contribution in [2.45, 2.75) is 25.9 Å². The van der Waals surface area contributed by atoms with E-state index in [4.69, 9.17) is 0 Å². The maximum Gasteiger partial charge on any atom is 0.417 e. The van der Waals surface area contributed by atoms with E-state index in [1.807, 2.05) is 6.92 Å². The van der Waals surface area contributed by atoms with Crippen LogP contribution in [0.25, 0.3) is 22.2 Å². The maximum absolute atomic E-state index is 14.2. The smallest absolute Gasteiger partial charge is 0.417 e. The highest BCUT2D eigenvalue weighted by molar-refractivity contribution is 5.86. The minimum atomic E-state index is -4.74. The lowest BCUT2D eigenvalue weighted by Crippen LogP contribution is -2.07. The number of aromatic nitrogens is 1. The number of aromatic hydroxyl groups is 1. The van der Waals surface area contributed by atoms with Gasteiger partial charge in [-0.1, -0.05) is 13.3 Å². The van der Waals surface area contributed by atoms with E-state index >= 15 is 0 Å². The van der Waals surface area contributed by atoms with Crippen molar-refractivity contribution in [1.29, 1.82) is 0 Å². The molecule has 2 aromatic carbocycles. The van der Waals surface area contributed by atoms with Crippen LogP contribution in [0.2, 0.25) is 0 Å². The Morgan fingerprint density at radius 1 is 1.04 bits per heavy atom. The summed E-state index contributed by atoms with van der Waals surface area (Å²) in [7, 11) is 0. The predicted octanol–water partition coefficient (Wildman–Crippen LogP) is 5.86. The van der Waals surface area contributed by atoms with Crippen LogP contribution in [0.5, 0.6) is 5.75 Å². The average Bonchev–Trinajstić information content (AvgIpc) is 2.56. The minimum absolute atomic E-state index is 0.0107. The second-order valence-electron chi connectivity index (χ2n) is 5.92. The largest absolute Gasteiger partial charge is 0.508 e. The van der Waals surface area contributed by atoms with E-state index in [2.05, 4.69) is 4.98 Å². The van der Waals surface area contributed by atoms with Gasteiger partial charge in [-0.15, -0.1) is 0 Å². The third kappa shape index (κ3) is 3.34. The fraction of sp³-hybridized carbons (Fsp3) is 0.211. The fourth-order valence-corrected chi connectivity index (χ4v) is 2.85. The van der Waals surface area contributed by atoms with Gasteiger partial charge in [-0.3, -0.25) is 0 Å². The number of rotatable bonds is 3. The van der Waals surface area contributed by atoms with Crippen molar-refractivity contribution in [3.8, 4) is 17.0 Å². The number of hydrogen-bond acceptors (Lipinski definition) is 2. The Morgan fingerprint density at radius 3 is 2.38 bits per heavy atom. The first-order valence-electron chi connectivity index (χ1n) is 7.90. The SMILES string of the molecule is CCCc1c(O)cc(-c2cc(C(F)(F)F)c3cc(F)ccc3n2)cc1F. The van der Waals surface area contributed by atoms with Crippen LogP contribution in [-0.4, -0.2) is 10.1 Å². The molecule has 0 aliphatic rings. The van der Waals surface area contributed by atoms with Gasteiger partial charge in [-0.25, -0.2) is 13.8 Å². The molecule has 0 amide bonds. The van der Waals surface area contributed by atoms with Crippen LogP contribution in [0.4, 0.5) is 22.0 Å². The zero-order valence-electron chi connectivity index (χ0n) is 13.7. The van der Waals surface area contributed by atoms with Gasteiger partial charge in [0.1, 0.15) is 17.4 Å². The molecule has 3 aromatic rings. The normalized spacial score (nSPS) is 11.9.